The molecule has 1 aromatic carbocycles. The number of benzene rings is 1. The zero-order valence-electron chi connectivity index (χ0n) is 11.3. The second-order valence-corrected chi connectivity index (χ2v) is 5.01. The number of anilines is 1. The number of fused-ring (bicyclic) bond motifs is 1. The van der Waals surface area contributed by atoms with E-state index in [0.29, 0.717) is 0 Å². The van der Waals surface area contributed by atoms with Crippen molar-refractivity contribution in [1.29, 1.82) is 0 Å². The van der Waals surface area contributed by atoms with Crippen molar-refractivity contribution in [2.75, 3.05) is 5.32 Å². The largest absolute Gasteiger partial charge is 0.364 e. The second kappa shape index (κ2) is 4.97. The predicted molar refractivity (Wildman–Crippen MR) is 75.8 cm³/mol. The Kier molecular flexibility index (Phi) is 3.17. The van der Waals surface area contributed by atoms with Crippen molar-refractivity contribution in [3.05, 3.63) is 52.5 Å². The lowest BCUT2D eigenvalue weighted by atomic mass is 10.1. The highest BCUT2D eigenvalue weighted by Crippen LogP contribution is 2.18. The molecule has 0 saturated heterocycles. The molecule has 98 valence electrons. The van der Waals surface area contributed by atoms with Crippen LogP contribution in [0.5, 0.6) is 0 Å². The maximum absolute atomic E-state index is 4.47. The van der Waals surface area contributed by atoms with Gasteiger partial charge < -0.3 is 10.6 Å². The van der Waals surface area contributed by atoms with Crippen molar-refractivity contribution in [2.45, 2.75) is 33.5 Å². The Balaban J connectivity index is 1.74. The van der Waals surface area contributed by atoms with Crippen LogP contribution in [0.1, 0.15) is 28.1 Å². The maximum atomic E-state index is 4.47. The monoisotopic (exact) mass is 254 g/mol. The van der Waals surface area contributed by atoms with E-state index in [2.05, 4.69) is 38.8 Å². The van der Waals surface area contributed by atoms with Gasteiger partial charge in [-0.1, -0.05) is 18.2 Å². The fourth-order valence-corrected chi connectivity index (χ4v) is 2.35. The lowest BCUT2D eigenvalue weighted by molar-refractivity contribution is 0.764. The molecule has 0 bridgehead atoms. The van der Waals surface area contributed by atoms with E-state index in [1.165, 1.54) is 16.7 Å². The summed E-state index contributed by atoms with van der Waals surface area (Å²) in [5.41, 5.74) is 5.98. The minimum Gasteiger partial charge on any atom is -0.364 e. The summed E-state index contributed by atoms with van der Waals surface area (Å²) in [6.07, 6.45) is 1.79. The molecule has 4 nitrogen and oxygen atoms in total. The molecule has 1 aliphatic heterocycles. The van der Waals surface area contributed by atoms with Gasteiger partial charge in [-0.3, -0.25) is 4.98 Å². The lowest BCUT2D eigenvalue weighted by Gasteiger charge is -2.09. The van der Waals surface area contributed by atoms with Gasteiger partial charge in [0.15, 0.2) is 0 Å². The molecular weight excluding hydrogens is 236 g/mol. The van der Waals surface area contributed by atoms with Crippen LogP contribution in [-0.4, -0.2) is 9.97 Å². The lowest BCUT2D eigenvalue weighted by Crippen LogP contribution is -2.05. The van der Waals surface area contributed by atoms with E-state index in [0.717, 1.165) is 36.8 Å². The van der Waals surface area contributed by atoms with Crippen LogP contribution in [0.3, 0.4) is 0 Å². The number of rotatable bonds is 3. The Hall–Kier alpha value is -1.94. The van der Waals surface area contributed by atoms with E-state index >= 15 is 0 Å². The summed E-state index contributed by atoms with van der Waals surface area (Å²) in [4.78, 5) is 8.79. The molecule has 4 heteroatoms. The van der Waals surface area contributed by atoms with Gasteiger partial charge in [0.1, 0.15) is 5.82 Å². The van der Waals surface area contributed by atoms with Gasteiger partial charge in [-0.05, 0) is 30.5 Å². The van der Waals surface area contributed by atoms with Gasteiger partial charge in [-0.25, -0.2) is 4.98 Å². The van der Waals surface area contributed by atoms with Gasteiger partial charge in [0.2, 0.25) is 0 Å². The molecule has 0 saturated carbocycles. The molecule has 0 atom stereocenters. The van der Waals surface area contributed by atoms with Crippen LogP contribution in [0, 0.1) is 13.8 Å². The molecule has 1 aromatic heterocycles. The smallest absolute Gasteiger partial charge is 0.148 e. The highest BCUT2D eigenvalue weighted by molar-refractivity contribution is 5.42. The van der Waals surface area contributed by atoms with Gasteiger partial charge in [0, 0.05) is 25.8 Å². The molecule has 0 amide bonds. The van der Waals surface area contributed by atoms with Crippen LogP contribution < -0.4 is 10.6 Å². The van der Waals surface area contributed by atoms with Crippen molar-refractivity contribution < 1.29 is 0 Å². The van der Waals surface area contributed by atoms with E-state index in [9.17, 15) is 0 Å². The molecule has 2 heterocycles. The third kappa shape index (κ3) is 2.58. The average Bonchev–Trinajstić information content (AvgIpc) is 2.87. The molecule has 0 fully saturated rings. The zero-order valence-corrected chi connectivity index (χ0v) is 11.3. The van der Waals surface area contributed by atoms with Crippen molar-refractivity contribution >= 4 is 5.82 Å². The SMILES string of the molecule is Cc1cnc(C)c(NCc2ccc3c(c2)CNC3)n1. The fraction of sp³-hybridized carbons (Fsp3) is 0.333. The van der Waals surface area contributed by atoms with E-state index in [-0.39, 0.29) is 0 Å². The standard InChI is InChI=1S/C15H18N4/c1-10-6-17-11(2)15(19-10)18-7-12-3-4-13-8-16-9-14(13)5-12/h3-6,16H,7-9H2,1-2H3,(H,18,19). The third-order valence-electron chi connectivity index (χ3n) is 3.44. The Labute approximate surface area is 113 Å². The first-order chi connectivity index (χ1) is 9.22. The summed E-state index contributed by atoms with van der Waals surface area (Å²) >= 11 is 0. The molecule has 0 radical (unpaired) electrons. The fourth-order valence-electron chi connectivity index (χ4n) is 2.35. The van der Waals surface area contributed by atoms with E-state index in [1.54, 1.807) is 6.20 Å². The molecule has 0 unspecified atom stereocenters. The summed E-state index contributed by atoms with van der Waals surface area (Å²) in [5.74, 6) is 0.874. The number of nitrogens with one attached hydrogen (secondary N) is 2. The van der Waals surface area contributed by atoms with Crippen molar-refractivity contribution in [1.82, 2.24) is 15.3 Å². The summed E-state index contributed by atoms with van der Waals surface area (Å²) < 4.78 is 0. The first-order valence-corrected chi connectivity index (χ1v) is 6.58. The Morgan fingerprint density at radius 3 is 2.95 bits per heavy atom. The summed E-state index contributed by atoms with van der Waals surface area (Å²) in [6, 6.07) is 6.65. The van der Waals surface area contributed by atoms with Crippen LogP contribution in [0.2, 0.25) is 0 Å². The van der Waals surface area contributed by atoms with Crippen molar-refractivity contribution in [3.8, 4) is 0 Å². The summed E-state index contributed by atoms with van der Waals surface area (Å²) in [6.45, 7) is 6.68. The molecule has 2 aromatic rings. The van der Waals surface area contributed by atoms with Gasteiger partial charge in [-0.15, -0.1) is 0 Å². The summed E-state index contributed by atoms with van der Waals surface area (Å²) in [5, 5.41) is 6.73. The predicted octanol–water partition coefficient (Wildman–Crippen LogP) is 2.31. The topological polar surface area (TPSA) is 49.8 Å². The molecule has 19 heavy (non-hydrogen) atoms. The molecule has 0 aliphatic carbocycles. The number of aromatic nitrogens is 2. The highest BCUT2D eigenvalue weighted by atomic mass is 15.0. The minimum atomic E-state index is 0.784. The molecule has 3 rings (SSSR count). The number of aryl methyl sites for hydroxylation is 2. The van der Waals surface area contributed by atoms with Crippen molar-refractivity contribution in [2.24, 2.45) is 0 Å². The third-order valence-corrected chi connectivity index (χ3v) is 3.44. The first kappa shape index (κ1) is 12.1. The molecular formula is C15H18N4. The van der Waals surface area contributed by atoms with Gasteiger partial charge in [-0.2, -0.15) is 0 Å². The quantitative estimate of drug-likeness (QED) is 0.882. The van der Waals surface area contributed by atoms with Crippen LogP contribution in [-0.2, 0) is 19.6 Å². The van der Waals surface area contributed by atoms with Gasteiger partial charge in [0.05, 0.1) is 11.4 Å². The Bertz CT molecular complexity index is 607. The Morgan fingerprint density at radius 1 is 1.21 bits per heavy atom. The minimum absolute atomic E-state index is 0.784. The molecule has 2 N–H and O–H groups in total. The number of hydrogen-bond donors (Lipinski definition) is 2. The first-order valence-electron chi connectivity index (χ1n) is 6.58. The zero-order chi connectivity index (χ0) is 13.2. The van der Waals surface area contributed by atoms with E-state index in [4.69, 9.17) is 0 Å². The Morgan fingerprint density at radius 2 is 2.05 bits per heavy atom. The molecule has 0 spiro atoms. The molecule has 1 aliphatic rings. The van der Waals surface area contributed by atoms with Crippen LogP contribution in [0.15, 0.2) is 24.4 Å². The summed E-state index contributed by atoms with van der Waals surface area (Å²) in [7, 11) is 0. The van der Waals surface area contributed by atoms with Crippen LogP contribution >= 0.6 is 0 Å². The van der Waals surface area contributed by atoms with E-state index < -0.39 is 0 Å². The normalized spacial score (nSPS) is 13.4. The average molecular weight is 254 g/mol. The van der Waals surface area contributed by atoms with Gasteiger partial charge >= 0.3 is 0 Å². The maximum Gasteiger partial charge on any atom is 0.148 e. The van der Waals surface area contributed by atoms with Crippen molar-refractivity contribution in [3.63, 3.8) is 0 Å². The van der Waals surface area contributed by atoms with Gasteiger partial charge in [0.25, 0.3) is 0 Å². The van der Waals surface area contributed by atoms with Crippen LogP contribution in [0.4, 0.5) is 5.82 Å². The highest BCUT2D eigenvalue weighted by Gasteiger charge is 2.10. The van der Waals surface area contributed by atoms with E-state index in [1.807, 2.05) is 13.8 Å². The second-order valence-electron chi connectivity index (χ2n) is 5.01. The number of nitrogens with zero attached hydrogens (tertiary/aromatic N) is 2. The van der Waals surface area contributed by atoms with Crippen LogP contribution in [0.25, 0.3) is 0 Å². The number of hydrogen-bond acceptors (Lipinski definition) is 4.